The number of hydrogen-bond donors (Lipinski definition) is 1. The van der Waals surface area contributed by atoms with Crippen LogP contribution in [0.3, 0.4) is 0 Å². The lowest BCUT2D eigenvalue weighted by Crippen LogP contribution is -2.51. The van der Waals surface area contributed by atoms with E-state index in [9.17, 15) is 9.59 Å². The van der Waals surface area contributed by atoms with Gasteiger partial charge in [-0.15, -0.1) is 0 Å². The van der Waals surface area contributed by atoms with Gasteiger partial charge in [0, 0.05) is 37.7 Å². The highest BCUT2D eigenvalue weighted by Crippen LogP contribution is 2.14. The molecule has 7 heteroatoms. The number of benzene rings is 1. The van der Waals surface area contributed by atoms with Crippen LogP contribution in [0.4, 0.5) is 0 Å². The molecule has 0 atom stereocenters. The molecule has 138 valence electrons. The van der Waals surface area contributed by atoms with Crippen molar-refractivity contribution in [3.63, 3.8) is 0 Å². The van der Waals surface area contributed by atoms with Gasteiger partial charge >= 0.3 is 5.97 Å². The number of piperazine rings is 1. The van der Waals surface area contributed by atoms with Crippen LogP contribution in [-0.2, 0) is 16.1 Å². The van der Waals surface area contributed by atoms with Crippen molar-refractivity contribution in [1.29, 1.82) is 0 Å². The van der Waals surface area contributed by atoms with Crippen molar-refractivity contribution in [2.75, 3.05) is 45.8 Å². The van der Waals surface area contributed by atoms with Gasteiger partial charge in [0.2, 0.25) is 5.91 Å². The zero-order valence-corrected chi connectivity index (χ0v) is 15.4. The van der Waals surface area contributed by atoms with Crippen molar-refractivity contribution in [2.45, 2.75) is 19.9 Å². The first-order chi connectivity index (χ1) is 12.0. The quantitative estimate of drug-likeness (QED) is 0.758. The largest absolute Gasteiger partial charge is 0.480 e. The van der Waals surface area contributed by atoms with Crippen LogP contribution in [0.15, 0.2) is 24.3 Å². The molecule has 0 spiro atoms. The number of rotatable bonds is 8. The second-order valence-corrected chi connectivity index (χ2v) is 6.83. The minimum absolute atomic E-state index is 0.0112. The molecule has 1 amide bonds. The zero-order chi connectivity index (χ0) is 18.2. The Hall–Kier alpha value is -1.63. The van der Waals surface area contributed by atoms with E-state index in [4.69, 9.17) is 16.7 Å². The minimum atomic E-state index is -0.896. The van der Waals surface area contributed by atoms with Crippen LogP contribution >= 0.6 is 11.6 Å². The van der Waals surface area contributed by atoms with Crippen LogP contribution in [-0.4, -0.2) is 77.5 Å². The van der Waals surface area contributed by atoms with Gasteiger partial charge < -0.3 is 10.0 Å². The number of halogens is 1. The average molecular weight is 368 g/mol. The summed E-state index contributed by atoms with van der Waals surface area (Å²) in [7, 11) is 0. The van der Waals surface area contributed by atoms with E-state index in [0.29, 0.717) is 19.6 Å². The van der Waals surface area contributed by atoms with Crippen LogP contribution in [0.2, 0.25) is 5.02 Å². The number of carbonyl (C=O) groups excluding carboxylic acids is 1. The Bertz CT molecular complexity index is 589. The fourth-order valence-electron chi connectivity index (χ4n) is 3.06. The Balaban J connectivity index is 1.80. The Labute approximate surface area is 154 Å². The predicted octanol–water partition coefficient (Wildman–Crippen LogP) is 1.78. The van der Waals surface area contributed by atoms with Gasteiger partial charge in [-0.3, -0.25) is 19.4 Å². The summed E-state index contributed by atoms with van der Waals surface area (Å²) in [6.07, 6.45) is 0.827. The smallest absolute Gasteiger partial charge is 0.317 e. The monoisotopic (exact) mass is 367 g/mol. The highest BCUT2D eigenvalue weighted by molar-refractivity contribution is 6.30. The fourth-order valence-corrected chi connectivity index (χ4v) is 3.27. The van der Waals surface area contributed by atoms with E-state index < -0.39 is 5.97 Å². The predicted molar refractivity (Wildman–Crippen MR) is 97.7 cm³/mol. The van der Waals surface area contributed by atoms with Crippen molar-refractivity contribution in [2.24, 2.45) is 0 Å². The van der Waals surface area contributed by atoms with Gasteiger partial charge in [-0.05, 0) is 30.7 Å². The topological polar surface area (TPSA) is 64.1 Å². The van der Waals surface area contributed by atoms with Crippen molar-refractivity contribution >= 4 is 23.5 Å². The fraction of sp³-hybridized carbons (Fsp3) is 0.556. The molecule has 1 N–H and O–H groups in total. The van der Waals surface area contributed by atoms with Crippen molar-refractivity contribution in [1.82, 2.24) is 14.7 Å². The number of aliphatic carboxylic acids is 1. The molecular weight excluding hydrogens is 342 g/mol. The Morgan fingerprint density at radius 2 is 1.92 bits per heavy atom. The van der Waals surface area contributed by atoms with Crippen LogP contribution in [0.5, 0.6) is 0 Å². The standard InChI is InChI=1S/C18H26ClN3O3/c1-2-6-21(14-18(24)25)13-17(23)22-9-7-20(8-10-22)12-15-4-3-5-16(19)11-15/h3-5,11H,2,6-10,12-14H2,1H3,(H,24,25). The lowest BCUT2D eigenvalue weighted by atomic mass is 10.2. The molecule has 0 radical (unpaired) electrons. The second kappa shape index (κ2) is 9.75. The Kier molecular flexibility index (Phi) is 7.68. The van der Waals surface area contributed by atoms with Gasteiger partial charge in [0.05, 0.1) is 13.1 Å². The first-order valence-electron chi connectivity index (χ1n) is 8.66. The summed E-state index contributed by atoms with van der Waals surface area (Å²) in [6.45, 7) is 6.47. The summed E-state index contributed by atoms with van der Waals surface area (Å²) >= 11 is 6.02. The van der Waals surface area contributed by atoms with Gasteiger partial charge in [0.25, 0.3) is 0 Å². The van der Waals surface area contributed by atoms with E-state index in [2.05, 4.69) is 11.0 Å². The number of amides is 1. The summed E-state index contributed by atoms with van der Waals surface area (Å²) in [5.41, 5.74) is 1.17. The zero-order valence-electron chi connectivity index (χ0n) is 14.7. The third-order valence-corrected chi connectivity index (χ3v) is 4.51. The molecule has 0 aliphatic carbocycles. The number of hydrogen-bond acceptors (Lipinski definition) is 4. The van der Waals surface area contributed by atoms with Gasteiger partial charge in [-0.25, -0.2) is 0 Å². The maximum Gasteiger partial charge on any atom is 0.317 e. The molecule has 1 fully saturated rings. The molecule has 1 aliphatic rings. The number of carboxylic acids is 1. The van der Waals surface area contributed by atoms with E-state index in [-0.39, 0.29) is 19.0 Å². The van der Waals surface area contributed by atoms with E-state index in [1.807, 2.05) is 30.0 Å². The van der Waals surface area contributed by atoms with Crippen molar-refractivity contribution < 1.29 is 14.7 Å². The summed E-state index contributed by atoms with van der Waals surface area (Å²) in [5, 5.41) is 9.68. The Morgan fingerprint density at radius 3 is 2.52 bits per heavy atom. The first kappa shape index (κ1) is 19.7. The van der Waals surface area contributed by atoms with Gasteiger partial charge in [-0.2, -0.15) is 0 Å². The van der Waals surface area contributed by atoms with Crippen LogP contribution in [0.1, 0.15) is 18.9 Å². The molecule has 1 aliphatic heterocycles. The number of nitrogens with zero attached hydrogens (tertiary/aromatic N) is 3. The molecule has 0 saturated carbocycles. The summed E-state index contributed by atoms with van der Waals surface area (Å²) in [6, 6.07) is 7.83. The molecule has 25 heavy (non-hydrogen) atoms. The van der Waals surface area contributed by atoms with E-state index in [0.717, 1.165) is 31.1 Å². The van der Waals surface area contributed by atoms with Crippen LogP contribution < -0.4 is 0 Å². The summed E-state index contributed by atoms with van der Waals surface area (Å²) in [5.74, 6) is -0.885. The average Bonchev–Trinajstić information content (AvgIpc) is 2.55. The maximum absolute atomic E-state index is 12.4. The van der Waals surface area contributed by atoms with E-state index in [1.165, 1.54) is 5.56 Å². The maximum atomic E-state index is 12.4. The van der Waals surface area contributed by atoms with Gasteiger partial charge in [-0.1, -0.05) is 30.7 Å². The van der Waals surface area contributed by atoms with E-state index >= 15 is 0 Å². The third-order valence-electron chi connectivity index (χ3n) is 4.28. The Morgan fingerprint density at radius 1 is 1.20 bits per heavy atom. The lowest BCUT2D eigenvalue weighted by molar-refractivity contribution is -0.140. The molecule has 2 rings (SSSR count). The minimum Gasteiger partial charge on any atom is -0.480 e. The van der Waals surface area contributed by atoms with Gasteiger partial charge in [0.15, 0.2) is 0 Å². The first-order valence-corrected chi connectivity index (χ1v) is 9.04. The van der Waals surface area contributed by atoms with Gasteiger partial charge in [0.1, 0.15) is 0 Å². The van der Waals surface area contributed by atoms with E-state index in [1.54, 1.807) is 4.90 Å². The molecule has 1 aromatic rings. The normalized spacial score (nSPS) is 15.6. The molecule has 0 unspecified atom stereocenters. The lowest BCUT2D eigenvalue weighted by Gasteiger charge is -2.35. The molecule has 0 aromatic heterocycles. The number of carbonyl (C=O) groups is 2. The number of carboxylic acid groups (broad SMARTS) is 1. The third kappa shape index (κ3) is 6.65. The summed E-state index contributed by atoms with van der Waals surface area (Å²) in [4.78, 5) is 29.2. The van der Waals surface area contributed by atoms with Crippen molar-refractivity contribution in [3.05, 3.63) is 34.9 Å². The highest BCUT2D eigenvalue weighted by Gasteiger charge is 2.23. The second-order valence-electron chi connectivity index (χ2n) is 6.39. The van der Waals surface area contributed by atoms with Crippen LogP contribution in [0.25, 0.3) is 0 Å². The van der Waals surface area contributed by atoms with Crippen LogP contribution in [0, 0.1) is 0 Å². The van der Waals surface area contributed by atoms with Crippen molar-refractivity contribution in [3.8, 4) is 0 Å². The molecule has 6 nitrogen and oxygen atoms in total. The summed E-state index contributed by atoms with van der Waals surface area (Å²) < 4.78 is 0. The molecule has 1 saturated heterocycles. The SMILES string of the molecule is CCCN(CC(=O)O)CC(=O)N1CCN(Cc2cccc(Cl)c2)CC1. The molecule has 1 heterocycles. The molecular formula is C18H26ClN3O3. The molecule has 1 aromatic carbocycles. The molecule has 0 bridgehead atoms. The highest BCUT2D eigenvalue weighted by atomic mass is 35.5.